The van der Waals surface area contributed by atoms with Gasteiger partial charge >= 0.3 is 0 Å². The van der Waals surface area contributed by atoms with E-state index >= 15 is 0 Å². The maximum Gasteiger partial charge on any atom is 0.124 e. The van der Waals surface area contributed by atoms with Crippen LogP contribution in [0.5, 0.6) is 0 Å². The normalized spacial score (nSPS) is 9.83. The largest absolute Gasteiger partial charge is 0.303 e. The average molecular weight is 227 g/mol. The Morgan fingerprint density at radius 3 is 2.75 bits per heavy atom. The summed E-state index contributed by atoms with van der Waals surface area (Å²) in [6.07, 6.45) is 2.44. The van der Waals surface area contributed by atoms with E-state index in [0.29, 0.717) is 6.42 Å². The van der Waals surface area contributed by atoms with Crippen LogP contribution in [0.3, 0.4) is 0 Å². The van der Waals surface area contributed by atoms with E-state index in [-0.39, 0.29) is 0 Å². The fourth-order valence-electron chi connectivity index (χ4n) is 1.10. The molecule has 0 heterocycles. The van der Waals surface area contributed by atoms with Crippen molar-refractivity contribution in [3.05, 3.63) is 33.8 Å². The van der Waals surface area contributed by atoms with Crippen LogP contribution in [0.15, 0.2) is 22.7 Å². The second-order valence-electron chi connectivity index (χ2n) is 2.65. The first kappa shape index (κ1) is 9.46. The SMILES string of the molecule is CCc1ccc(CC=O)cc1Br. The lowest BCUT2D eigenvalue weighted by Crippen LogP contribution is -1.88. The number of hydrogen-bond donors (Lipinski definition) is 0. The number of rotatable bonds is 3. The molecule has 0 bridgehead atoms. The van der Waals surface area contributed by atoms with E-state index in [4.69, 9.17) is 0 Å². The highest BCUT2D eigenvalue weighted by Crippen LogP contribution is 2.18. The van der Waals surface area contributed by atoms with Crippen LogP contribution in [0.4, 0.5) is 0 Å². The topological polar surface area (TPSA) is 17.1 Å². The summed E-state index contributed by atoms with van der Waals surface area (Å²) in [5.74, 6) is 0. The smallest absolute Gasteiger partial charge is 0.124 e. The van der Waals surface area contributed by atoms with Crippen molar-refractivity contribution in [3.63, 3.8) is 0 Å². The van der Waals surface area contributed by atoms with Crippen LogP contribution in [0.25, 0.3) is 0 Å². The Morgan fingerprint density at radius 1 is 1.50 bits per heavy atom. The average Bonchev–Trinajstić information content (AvgIpc) is 2.05. The summed E-state index contributed by atoms with van der Waals surface area (Å²) in [7, 11) is 0. The van der Waals surface area contributed by atoms with Crippen molar-refractivity contribution >= 4 is 22.2 Å². The highest BCUT2D eigenvalue weighted by Gasteiger charge is 1.98. The Morgan fingerprint density at radius 2 is 2.25 bits per heavy atom. The lowest BCUT2D eigenvalue weighted by atomic mass is 10.1. The highest BCUT2D eigenvalue weighted by atomic mass is 79.9. The van der Waals surface area contributed by atoms with Crippen LogP contribution < -0.4 is 0 Å². The molecule has 0 fully saturated rings. The van der Waals surface area contributed by atoms with Crippen LogP contribution >= 0.6 is 15.9 Å². The van der Waals surface area contributed by atoms with E-state index in [9.17, 15) is 4.79 Å². The summed E-state index contributed by atoms with van der Waals surface area (Å²) >= 11 is 3.46. The van der Waals surface area contributed by atoms with Crippen molar-refractivity contribution in [2.45, 2.75) is 19.8 Å². The lowest BCUT2D eigenvalue weighted by molar-refractivity contribution is -0.107. The molecule has 0 saturated heterocycles. The Balaban J connectivity index is 2.93. The summed E-state index contributed by atoms with van der Waals surface area (Å²) in [5.41, 5.74) is 2.35. The van der Waals surface area contributed by atoms with E-state index in [1.165, 1.54) is 5.56 Å². The minimum absolute atomic E-state index is 0.503. The molecule has 0 amide bonds. The predicted octanol–water partition coefficient (Wildman–Crippen LogP) is 2.75. The quantitative estimate of drug-likeness (QED) is 0.725. The number of halogens is 1. The van der Waals surface area contributed by atoms with Gasteiger partial charge in [0.1, 0.15) is 6.29 Å². The summed E-state index contributed by atoms with van der Waals surface area (Å²) in [6.45, 7) is 2.11. The molecule has 0 radical (unpaired) electrons. The second kappa shape index (κ2) is 4.41. The molecular weight excluding hydrogens is 216 g/mol. The number of aldehydes is 1. The van der Waals surface area contributed by atoms with Gasteiger partial charge in [0.15, 0.2) is 0 Å². The van der Waals surface area contributed by atoms with E-state index in [1.807, 2.05) is 12.1 Å². The molecular formula is C10H11BrO. The third-order valence-electron chi connectivity index (χ3n) is 1.82. The molecule has 0 aliphatic heterocycles. The third-order valence-corrected chi connectivity index (χ3v) is 2.56. The maximum atomic E-state index is 10.2. The highest BCUT2D eigenvalue weighted by molar-refractivity contribution is 9.10. The van der Waals surface area contributed by atoms with Gasteiger partial charge in [-0.25, -0.2) is 0 Å². The number of carbonyl (C=O) groups excluding carboxylic acids is 1. The Bertz CT molecular complexity index is 281. The first-order chi connectivity index (χ1) is 5.77. The fourth-order valence-corrected chi connectivity index (χ4v) is 1.81. The Labute approximate surface area is 80.9 Å². The molecule has 0 atom stereocenters. The third kappa shape index (κ3) is 2.18. The summed E-state index contributed by atoms with van der Waals surface area (Å²) < 4.78 is 1.10. The molecule has 0 aliphatic carbocycles. The molecule has 1 nitrogen and oxygen atoms in total. The zero-order valence-electron chi connectivity index (χ0n) is 7.01. The summed E-state index contributed by atoms with van der Waals surface area (Å²) in [6, 6.07) is 6.06. The molecule has 1 rings (SSSR count). The van der Waals surface area contributed by atoms with Gasteiger partial charge in [-0.2, -0.15) is 0 Å². The molecule has 1 aromatic rings. The van der Waals surface area contributed by atoms with Gasteiger partial charge in [-0.1, -0.05) is 35.0 Å². The predicted molar refractivity (Wildman–Crippen MR) is 53.3 cm³/mol. The summed E-state index contributed by atoms with van der Waals surface area (Å²) in [4.78, 5) is 10.2. The minimum Gasteiger partial charge on any atom is -0.303 e. The van der Waals surface area contributed by atoms with Gasteiger partial charge in [0.05, 0.1) is 0 Å². The van der Waals surface area contributed by atoms with Crippen molar-refractivity contribution in [1.29, 1.82) is 0 Å². The van der Waals surface area contributed by atoms with Crippen LogP contribution in [0.2, 0.25) is 0 Å². The van der Waals surface area contributed by atoms with Gasteiger partial charge in [0.2, 0.25) is 0 Å². The van der Waals surface area contributed by atoms with Crippen molar-refractivity contribution < 1.29 is 4.79 Å². The van der Waals surface area contributed by atoms with Crippen LogP contribution in [-0.2, 0) is 17.6 Å². The molecule has 0 spiro atoms. The van der Waals surface area contributed by atoms with E-state index in [0.717, 1.165) is 22.7 Å². The zero-order valence-corrected chi connectivity index (χ0v) is 8.60. The number of carbonyl (C=O) groups is 1. The minimum atomic E-state index is 0.503. The summed E-state index contributed by atoms with van der Waals surface area (Å²) in [5, 5.41) is 0. The fraction of sp³-hybridized carbons (Fsp3) is 0.300. The monoisotopic (exact) mass is 226 g/mol. The molecule has 1 aromatic carbocycles. The van der Waals surface area contributed by atoms with Gasteiger partial charge in [-0.05, 0) is 23.6 Å². The molecule has 2 heteroatoms. The molecule has 64 valence electrons. The molecule has 0 unspecified atom stereocenters. The van der Waals surface area contributed by atoms with Gasteiger partial charge < -0.3 is 4.79 Å². The number of hydrogen-bond acceptors (Lipinski definition) is 1. The molecule has 0 saturated carbocycles. The Hall–Kier alpha value is -0.630. The van der Waals surface area contributed by atoms with Crippen molar-refractivity contribution in [2.24, 2.45) is 0 Å². The van der Waals surface area contributed by atoms with E-state index in [2.05, 4.69) is 28.9 Å². The standard InChI is InChI=1S/C10H11BrO/c1-2-9-4-3-8(5-6-12)7-10(9)11/h3-4,6-7H,2,5H2,1H3. The van der Waals surface area contributed by atoms with Gasteiger partial charge in [0, 0.05) is 10.9 Å². The number of aryl methyl sites for hydroxylation is 1. The Kier molecular flexibility index (Phi) is 3.48. The molecule has 0 N–H and O–H groups in total. The lowest BCUT2D eigenvalue weighted by Gasteiger charge is -2.02. The maximum absolute atomic E-state index is 10.2. The van der Waals surface area contributed by atoms with Crippen molar-refractivity contribution in [2.75, 3.05) is 0 Å². The van der Waals surface area contributed by atoms with Crippen LogP contribution in [0, 0.1) is 0 Å². The van der Waals surface area contributed by atoms with Gasteiger partial charge in [0.25, 0.3) is 0 Å². The molecule has 12 heavy (non-hydrogen) atoms. The van der Waals surface area contributed by atoms with Crippen molar-refractivity contribution in [1.82, 2.24) is 0 Å². The molecule has 0 aliphatic rings. The van der Waals surface area contributed by atoms with Gasteiger partial charge in [-0.3, -0.25) is 0 Å². The van der Waals surface area contributed by atoms with E-state index < -0.39 is 0 Å². The van der Waals surface area contributed by atoms with Crippen LogP contribution in [-0.4, -0.2) is 6.29 Å². The first-order valence-corrected chi connectivity index (χ1v) is 4.78. The number of benzene rings is 1. The second-order valence-corrected chi connectivity index (χ2v) is 3.50. The molecule has 0 aromatic heterocycles. The first-order valence-electron chi connectivity index (χ1n) is 3.99. The van der Waals surface area contributed by atoms with Crippen LogP contribution in [0.1, 0.15) is 18.1 Å². The van der Waals surface area contributed by atoms with E-state index in [1.54, 1.807) is 0 Å². The van der Waals surface area contributed by atoms with Gasteiger partial charge in [-0.15, -0.1) is 0 Å². The zero-order chi connectivity index (χ0) is 8.97. The van der Waals surface area contributed by atoms with Crippen molar-refractivity contribution in [3.8, 4) is 0 Å².